The average molecular weight is 237 g/mol. The van der Waals surface area contributed by atoms with E-state index in [0.717, 1.165) is 24.8 Å². The summed E-state index contributed by atoms with van der Waals surface area (Å²) in [4.78, 5) is 11.3. The van der Waals surface area contributed by atoms with E-state index in [2.05, 4.69) is 0 Å². The molecule has 3 unspecified atom stereocenters. The van der Waals surface area contributed by atoms with Crippen molar-refractivity contribution in [3.63, 3.8) is 0 Å². The zero-order valence-corrected chi connectivity index (χ0v) is 9.57. The number of aliphatic carboxylic acids is 1. The highest BCUT2D eigenvalue weighted by molar-refractivity contribution is 6.30. The Morgan fingerprint density at radius 1 is 1.50 bits per heavy atom. The van der Waals surface area contributed by atoms with Crippen molar-refractivity contribution in [3.8, 4) is 0 Å². The van der Waals surface area contributed by atoms with E-state index in [1.165, 1.54) is 0 Å². The molecular weight excluding hydrogens is 224 g/mol. The first-order valence-electron chi connectivity index (χ1n) is 5.62. The van der Waals surface area contributed by atoms with Crippen molar-refractivity contribution >= 4 is 17.6 Å². The number of halogens is 1. The molecule has 2 bridgehead atoms. The zero-order valence-electron chi connectivity index (χ0n) is 8.82. The first-order valence-corrected chi connectivity index (χ1v) is 6.00. The van der Waals surface area contributed by atoms with Crippen LogP contribution in [0, 0.1) is 11.8 Å². The summed E-state index contributed by atoms with van der Waals surface area (Å²) in [5.74, 6) is -0.448. The molecule has 3 atom stereocenters. The van der Waals surface area contributed by atoms with E-state index in [1.54, 1.807) is 0 Å². The number of hydrogen-bond donors (Lipinski definition) is 1. The molecule has 3 aliphatic carbocycles. The molecule has 0 heterocycles. The summed E-state index contributed by atoms with van der Waals surface area (Å²) in [7, 11) is 0. The minimum Gasteiger partial charge on any atom is -0.481 e. The van der Waals surface area contributed by atoms with Crippen molar-refractivity contribution in [1.82, 2.24) is 0 Å². The van der Waals surface area contributed by atoms with Crippen LogP contribution < -0.4 is 0 Å². The van der Waals surface area contributed by atoms with E-state index >= 15 is 0 Å². The highest BCUT2D eigenvalue weighted by atomic mass is 35.5. The molecule has 1 N–H and O–H groups in total. The van der Waals surface area contributed by atoms with Crippen LogP contribution in [-0.2, 0) is 10.2 Å². The van der Waals surface area contributed by atoms with Gasteiger partial charge in [0.05, 0.1) is 5.92 Å². The average Bonchev–Trinajstić information content (AvgIpc) is 2.74. The Balaban J connectivity index is 2.03. The van der Waals surface area contributed by atoms with Crippen LogP contribution in [0.5, 0.6) is 0 Å². The lowest BCUT2D eigenvalue weighted by Gasteiger charge is -2.45. The minimum atomic E-state index is -0.645. The van der Waals surface area contributed by atoms with Gasteiger partial charge < -0.3 is 5.11 Å². The summed E-state index contributed by atoms with van der Waals surface area (Å²) in [6.07, 6.45) is 3.06. The van der Waals surface area contributed by atoms with Gasteiger partial charge in [0.15, 0.2) is 0 Å². The molecule has 1 aromatic carbocycles. The van der Waals surface area contributed by atoms with Crippen LogP contribution in [0.15, 0.2) is 24.3 Å². The van der Waals surface area contributed by atoms with Crippen molar-refractivity contribution in [2.75, 3.05) is 0 Å². The molecule has 2 nitrogen and oxygen atoms in total. The van der Waals surface area contributed by atoms with Gasteiger partial charge in [-0.15, -0.1) is 0 Å². The highest BCUT2D eigenvalue weighted by Crippen LogP contribution is 2.64. The summed E-state index contributed by atoms with van der Waals surface area (Å²) in [6.45, 7) is 0. The zero-order chi connectivity index (χ0) is 11.3. The second kappa shape index (κ2) is 3.24. The fraction of sp³-hybridized carbons (Fsp3) is 0.462. The second-order valence-electron chi connectivity index (χ2n) is 4.99. The molecule has 0 radical (unpaired) electrons. The number of benzene rings is 1. The van der Waals surface area contributed by atoms with Gasteiger partial charge in [0.25, 0.3) is 0 Å². The number of hydrogen-bond acceptors (Lipinski definition) is 1. The third-order valence-electron chi connectivity index (χ3n) is 4.32. The number of fused-ring (bicyclic) bond motifs is 1. The highest BCUT2D eigenvalue weighted by Gasteiger charge is 2.62. The first kappa shape index (κ1) is 10.2. The maximum absolute atomic E-state index is 11.3. The topological polar surface area (TPSA) is 37.3 Å². The van der Waals surface area contributed by atoms with Gasteiger partial charge in [-0.3, -0.25) is 4.79 Å². The van der Waals surface area contributed by atoms with Gasteiger partial charge in [0.2, 0.25) is 0 Å². The van der Waals surface area contributed by atoms with Crippen LogP contribution in [-0.4, -0.2) is 11.1 Å². The van der Waals surface area contributed by atoms with Crippen molar-refractivity contribution in [3.05, 3.63) is 34.9 Å². The summed E-state index contributed by atoms with van der Waals surface area (Å²) in [5, 5.41) is 9.98. The molecule has 3 heteroatoms. The standard InChI is InChI=1S/C13H13ClO2/c14-10-3-1-2-9(6-10)13-5-4-8(7-13)11(13)12(15)16/h1-3,6,8,11H,4-5,7H2,(H,15,16). The lowest BCUT2D eigenvalue weighted by Crippen LogP contribution is -2.48. The third-order valence-corrected chi connectivity index (χ3v) is 4.56. The van der Waals surface area contributed by atoms with Crippen LogP contribution >= 0.6 is 11.6 Å². The molecule has 3 aliphatic rings. The molecule has 3 saturated carbocycles. The Bertz CT molecular complexity index is 453. The van der Waals surface area contributed by atoms with E-state index in [4.69, 9.17) is 11.6 Å². The van der Waals surface area contributed by atoms with Crippen LogP contribution in [0.25, 0.3) is 0 Å². The Kier molecular flexibility index (Phi) is 2.05. The summed E-state index contributed by atoms with van der Waals surface area (Å²) in [5.41, 5.74) is 0.989. The van der Waals surface area contributed by atoms with Crippen molar-refractivity contribution < 1.29 is 9.90 Å². The Hall–Kier alpha value is -1.02. The van der Waals surface area contributed by atoms with Crippen molar-refractivity contribution in [2.45, 2.75) is 24.7 Å². The van der Waals surface area contributed by atoms with Crippen molar-refractivity contribution in [2.24, 2.45) is 11.8 Å². The van der Waals surface area contributed by atoms with E-state index < -0.39 is 5.97 Å². The molecule has 84 valence electrons. The van der Waals surface area contributed by atoms with Crippen LogP contribution in [0.3, 0.4) is 0 Å². The molecule has 4 rings (SSSR count). The quantitative estimate of drug-likeness (QED) is 0.857. The predicted molar refractivity (Wildman–Crippen MR) is 61.6 cm³/mol. The summed E-state index contributed by atoms with van der Waals surface area (Å²) >= 11 is 5.98. The maximum Gasteiger partial charge on any atom is 0.307 e. The molecule has 0 aliphatic heterocycles. The molecule has 1 aromatic rings. The number of carboxylic acids is 1. The SMILES string of the molecule is O=C(O)C1C2CCC1(c1cccc(Cl)c1)C2. The summed E-state index contributed by atoms with van der Waals surface area (Å²) < 4.78 is 0. The Labute approximate surface area is 99.2 Å². The molecule has 0 aromatic heterocycles. The van der Waals surface area contributed by atoms with Gasteiger partial charge in [-0.25, -0.2) is 0 Å². The molecule has 3 fully saturated rings. The normalized spacial score (nSPS) is 35.8. The summed E-state index contributed by atoms with van der Waals surface area (Å²) in [6, 6.07) is 7.70. The van der Waals surface area contributed by atoms with Gasteiger partial charge in [-0.05, 0) is 42.9 Å². The lowest BCUT2D eigenvalue weighted by atomic mass is 9.57. The fourth-order valence-electron chi connectivity index (χ4n) is 3.65. The number of rotatable bonds is 2. The second-order valence-corrected chi connectivity index (χ2v) is 5.42. The molecule has 0 saturated heterocycles. The van der Waals surface area contributed by atoms with Crippen LogP contribution in [0.1, 0.15) is 24.8 Å². The number of carbonyl (C=O) groups is 1. The monoisotopic (exact) mass is 236 g/mol. The van der Waals surface area contributed by atoms with E-state index in [1.807, 2.05) is 24.3 Å². The van der Waals surface area contributed by atoms with Gasteiger partial charge in [-0.1, -0.05) is 23.7 Å². The first-order chi connectivity index (χ1) is 7.63. The third kappa shape index (κ3) is 1.17. The lowest BCUT2D eigenvalue weighted by molar-refractivity contribution is -0.150. The van der Waals surface area contributed by atoms with Gasteiger partial charge in [0.1, 0.15) is 0 Å². The van der Waals surface area contributed by atoms with Gasteiger partial charge in [0, 0.05) is 10.4 Å². The van der Waals surface area contributed by atoms with E-state index in [-0.39, 0.29) is 11.3 Å². The smallest absolute Gasteiger partial charge is 0.307 e. The Morgan fingerprint density at radius 2 is 2.31 bits per heavy atom. The fourth-order valence-corrected chi connectivity index (χ4v) is 3.84. The predicted octanol–water partition coefficient (Wildman–Crippen LogP) is 3.09. The molecule has 0 amide bonds. The molecule has 16 heavy (non-hydrogen) atoms. The van der Waals surface area contributed by atoms with Gasteiger partial charge >= 0.3 is 5.97 Å². The van der Waals surface area contributed by atoms with Crippen molar-refractivity contribution in [1.29, 1.82) is 0 Å². The molecule has 0 spiro atoms. The van der Waals surface area contributed by atoms with E-state index in [9.17, 15) is 9.90 Å². The van der Waals surface area contributed by atoms with E-state index in [0.29, 0.717) is 10.9 Å². The Morgan fingerprint density at radius 3 is 2.94 bits per heavy atom. The van der Waals surface area contributed by atoms with Crippen LogP contribution in [0.4, 0.5) is 0 Å². The maximum atomic E-state index is 11.3. The van der Waals surface area contributed by atoms with Crippen LogP contribution in [0.2, 0.25) is 5.02 Å². The minimum absolute atomic E-state index is 0.124. The largest absolute Gasteiger partial charge is 0.481 e. The molecular formula is C13H13ClO2. The van der Waals surface area contributed by atoms with Gasteiger partial charge in [-0.2, -0.15) is 0 Å². The number of carboxylic acid groups (broad SMARTS) is 1.